The lowest BCUT2D eigenvalue weighted by molar-refractivity contribution is 0.354. The van der Waals surface area contributed by atoms with Crippen LogP contribution in [0.3, 0.4) is 0 Å². The van der Waals surface area contributed by atoms with Crippen molar-refractivity contribution in [2.75, 3.05) is 34.9 Å². The summed E-state index contributed by atoms with van der Waals surface area (Å²) in [5.74, 6) is 7.94. The lowest BCUT2D eigenvalue weighted by Gasteiger charge is -2.14. The molecule has 0 unspecified atom stereocenters. The van der Waals surface area contributed by atoms with E-state index in [-0.39, 0.29) is 0 Å². The largest absolute Gasteiger partial charge is 0.493 e. The van der Waals surface area contributed by atoms with Crippen LogP contribution in [0.25, 0.3) is 0 Å². The van der Waals surface area contributed by atoms with Crippen molar-refractivity contribution in [3.63, 3.8) is 0 Å². The summed E-state index contributed by atoms with van der Waals surface area (Å²) in [6.07, 6.45) is 0.909. The zero-order valence-electron chi connectivity index (χ0n) is 14.2. The molecule has 0 aliphatic rings. The van der Waals surface area contributed by atoms with Gasteiger partial charge in [-0.05, 0) is 50.3 Å². The van der Waals surface area contributed by atoms with E-state index < -0.39 is 0 Å². The summed E-state index contributed by atoms with van der Waals surface area (Å²) in [4.78, 5) is 2.16. The van der Waals surface area contributed by atoms with Gasteiger partial charge in [-0.1, -0.05) is 30.0 Å². The third-order valence-corrected chi connectivity index (χ3v) is 3.55. The number of nitrogens with zero attached hydrogens (tertiary/aromatic N) is 1. The van der Waals surface area contributed by atoms with Gasteiger partial charge in [0.25, 0.3) is 0 Å². The Morgan fingerprint density at radius 2 is 1.57 bits per heavy atom. The first-order valence-corrected chi connectivity index (χ1v) is 7.60. The Hall–Kier alpha value is -2.44. The molecule has 0 saturated heterocycles. The molecule has 3 heteroatoms. The van der Waals surface area contributed by atoms with Crippen LogP contribution >= 0.6 is 0 Å². The van der Waals surface area contributed by atoms with Gasteiger partial charge in [-0.2, -0.15) is 0 Å². The third kappa shape index (κ3) is 4.77. The minimum absolute atomic E-state index is 0.707. The predicted molar refractivity (Wildman–Crippen MR) is 94.2 cm³/mol. The monoisotopic (exact) mass is 309 g/mol. The van der Waals surface area contributed by atoms with Gasteiger partial charge in [0.1, 0.15) is 0 Å². The van der Waals surface area contributed by atoms with Crippen molar-refractivity contribution in [2.24, 2.45) is 0 Å². The van der Waals surface area contributed by atoms with Gasteiger partial charge in [-0.25, -0.2) is 0 Å². The van der Waals surface area contributed by atoms with Crippen molar-refractivity contribution in [1.29, 1.82) is 0 Å². The highest BCUT2D eigenvalue weighted by Gasteiger charge is 2.10. The molecule has 0 aliphatic carbocycles. The first kappa shape index (κ1) is 16.9. The summed E-state index contributed by atoms with van der Waals surface area (Å²) in [5.41, 5.74) is 3.15. The van der Waals surface area contributed by atoms with Crippen molar-refractivity contribution in [3.05, 3.63) is 59.2 Å². The average molecular weight is 309 g/mol. The van der Waals surface area contributed by atoms with Crippen LogP contribution in [0.4, 0.5) is 0 Å². The van der Waals surface area contributed by atoms with E-state index in [1.165, 1.54) is 5.56 Å². The summed E-state index contributed by atoms with van der Waals surface area (Å²) in [6, 6.07) is 14.0. The maximum Gasteiger partial charge on any atom is 0.161 e. The zero-order valence-corrected chi connectivity index (χ0v) is 14.2. The minimum atomic E-state index is 0.707. The Kier molecular flexibility index (Phi) is 6.08. The lowest BCUT2D eigenvalue weighted by atomic mass is 10.0. The van der Waals surface area contributed by atoms with E-state index in [4.69, 9.17) is 9.47 Å². The predicted octanol–water partition coefficient (Wildman–Crippen LogP) is 3.21. The molecule has 0 N–H and O–H groups in total. The van der Waals surface area contributed by atoms with E-state index in [2.05, 4.69) is 30.8 Å². The molecule has 0 bridgehead atoms. The molecule has 2 aromatic rings. The molecule has 23 heavy (non-hydrogen) atoms. The van der Waals surface area contributed by atoms with Gasteiger partial charge in [-0.15, -0.1) is 0 Å². The van der Waals surface area contributed by atoms with Crippen LogP contribution in [0.2, 0.25) is 0 Å². The van der Waals surface area contributed by atoms with Crippen molar-refractivity contribution in [3.8, 4) is 23.3 Å². The summed E-state index contributed by atoms with van der Waals surface area (Å²) in [6.45, 7) is 0.954. The van der Waals surface area contributed by atoms with Gasteiger partial charge < -0.3 is 14.4 Å². The Balaban J connectivity index is 2.40. The van der Waals surface area contributed by atoms with Crippen LogP contribution in [0.1, 0.15) is 16.7 Å². The molecule has 0 radical (unpaired) electrons. The van der Waals surface area contributed by atoms with Gasteiger partial charge in [-0.3, -0.25) is 0 Å². The average Bonchev–Trinajstić information content (AvgIpc) is 2.58. The van der Waals surface area contributed by atoms with Crippen molar-refractivity contribution in [2.45, 2.75) is 6.42 Å². The topological polar surface area (TPSA) is 21.7 Å². The van der Waals surface area contributed by atoms with Crippen LogP contribution < -0.4 is 9.47 Å². The van der Waals surface area contributed by atoms with Crippen molar-refractivity contribution < 1.29 is 9.47 Å². The fourth-order valence-electron chi connectivity index (χ4n) is 2.25. The minimum Gasteiger partial charge on any atom is -0.493 e. The van der Waals surface area contributed by atoms with Crippen molar-refractivity contribution in [1.82, 2.24) is 4.90 Å². The fourth-order valence-corrected chi connectivity index (χ4v) is 2.25. The molecular weight excluding hydrogens is 286 g/mol. The molecule has 0 amide bonds. The molecule has 2 rings (SSSR count). The van der Waals surface area contributed by atoms with Crippen LogP contribution in [0.5, 0.6) is 11.5 Å². The molecular formula is C20H23NO2. The number of methoxy groups -OCH3 is 2. The van der Waals surface area contributed by atoms with E-state index in [1.54, 1.807) is 14.2 Å². The van der Waals surface area contributed by atoms with Gasteiger partial charge in [0.05, 0.1) is 14.2 Å². The molecule has 0 heterocycles. The summed E-state index contributed by atoms with van der Waals surface area (Å²) >= 11 is 0. The summed E-state index contributed by atoms with van der Waals surface area (Å²) in [5, 5.41) is 0. The number of rotatable bonds is 5. The van der Waals surface area contributed by atoms with Crippen LogP contribution in [0.15, 0.2) is 42.5 Å². The third-order valence-electron chi connectivity index (χ3n) is 3.55. The van der Waals surface area contributed by atoms with Gasteiger partial charge >= 0.3 is 0 Å². The van der Waals surface area contributed by atoms with Gasteiger partial charge in [0, 0.05) is 17.7 Å². The second-order valence-electron chi connectivity index (χ2n) is 5.53. The molecule has 0 saturated carbocycles. The molecule has 0 spiro atoms. The van der Waals surface area contributed by atoms with E-state index in [1.807, 2.05) is 42.5 Å². The number of hydrogen-bond donors (Lipinski definition) is 0. The van der Waals surface area contributed by atoms with E-state index in [9.17, 15) is 0 Å². The molecule has 120 valence electrons. The Morgan fingerprint density at radius 1 is 0.913 bits per heavy atom. The highest BCUT2D eigenvalue weighted by molar-refractivity contribution is 5.55. The molecule has 2 aromatic carbocycles. The second-order valence-corrected chi connectivity index (χ2v) is 5.53. The van der Waals surface area contributed by atoms with E-state index in [0.717, 1.165) is 29.8 Å². The number of benzene rings is 2. The van der Waals surface area contributed by atoms with E-state index >= 15 is 0 Å². The summed E-state index contributed by atoms with van der Waals surface area (Å²) < 4.78 is 10.8. The molecule has 0 aromatic heterocycles. The molecule has 0 atom stereocenters. The SMILES string of the molecule is COc1cc(C#Cc2ccccc2)c(CCN(C)C)cc1OC. The Bertz CT molecular complexity index is 697. The maximum atomic E-state index is 5.41. The Morgan fingerprint density at radius 3 is 2.17 bits per heavy atom. The van der Waals surface area contributed by atoms with Crippen LogP contribution in [0, 0.1) is 11.8 Å². The Labute approximate surface area is 138 Å². The standard InChI is InChI=1S/C20H23NO2/c1-21(2)13-12-18-15-20(23-4)19(22-3)14-17(18)11-10-16-8-6-5-7-9-16/h5-9,14-15H,12-13H2,1-4H3. The van der Waals surface area contributed by atoms with Crippen LogP contribution in [-0.4, -0.2) is 39.8 Å². The first-order valence-electron chi connectivity index (χ1n) is 7.60. The lowest BCUT2D eigenvalue weighted by Crippen LogP contribution is -2.15. The number of hydrogen-bond acceptors (Lipinski definition) is 3. The van der Waals surface area contributed by atoms with E-state index in [0.29, 0.717) is 5.75 Å². The van der Waals surface area contributed by atoms with Crippen molar-refractivity contribution >= 4 is 0 Å². The number of likely N-dealkylation sites (N-methyl/N-ethyl adjacent to an activating group) is 1. The van der Waals surface area contributed by atoms with Crippen LogP contribution in [-0.2, 0) is 6.42 Å². The maximum absolute atomic E-state index is 5.41. The van der Waals surface area contributed by atoms with Gasteiger partial charge in [0.15, 0.2) is 11.5 Å². The number of ether oxygens (including phenoxy) is 2. The van der Waals surface area contributed by atoms with Gasteiger partial charge in [0.2, 0.25) is 0 Å². The summed E-state index contributed by atoms with van der Waals surface area (Å²) in [7, 11) is 7.43. The molecule has 0 aliphatic heterocycles. The second kappa shape index (κ2) is 8.26. The first-order chi connectivity index (χ1) is 11.1. The highest BCUT2D eigenvalue weighted by Crippen LogP contribution is 2.30. The highest BCUT2D eigenvalue weighted by atomic mass is 16.5. The fraction of sp³-hybridized carbons (Fsp3) is 0.300. The smallest absolute Gasteiger partial charge is 0.161 e. The molecule has 0 fully saturated rings. The normalized spacial score (nSPS) is 10.1. The molecule has 3 nitrogen and oxygen atoms in total. The quantitative estimate of drug-likeness (QED) is 0.792. The zero-order chi connectivity index (χ0) is 16.7.